The Morgan fingerprint density at radius 1 is 0.875 bits per heavy atom. The molecule has 0 N–H and O–H groups in total. The highest BCUT2D eigenvalue weighted by molar-refractivity contribution is 5.94. The normalized spacial score (nSPS) is 19.3. The lowest BCUT2D eigenvalue weighted by Crippen LogP contribution is -2.50. The van der Waals surface area contributed by atoms with Gasteiger partial charge < -0.3 is 9.80 Å². The van der Waals surface area contributed by atoms with Gasteiger partial charge in [-0.25, -0.2) is 0 Å². The van der Waals surface area contributed by atoms with Crippen molar-refractivity contribution < 1.29 is 9.59 Å². The quantitative estimate of drug-likeness (QED) is 0.850. The van der Waals surface area contributed by atoms with E-state index in [0.29, 0.717) is 32.6 Å². The molecule has 0 unspecified atom stereocenters. The van der Waals surface area contributed by atoms with E-state index < -0.39 is 0 Å². The van der Waals surface area contributed by atoms with Gasteiger partial charge in [0.1, 0.15) is 0 Å². The molecule has 1 aromatic rings. The fourth-order valence-electron chi connectivity index (χ4n) is 3.88. The second-order valence-corrected chi connectivity index (χ2v) is 7.08. The van der Waals surface area contributed by atoms with Crippen molar-refractivity contribution in [1.82, 2.24) is 9.80 Å². The minimum atomic E-state index is 0.0740. The van der Waals surface area contributed by atoms with E-state index in [1.807, 2.05) is 40.1 Å². The average Bonchev–Trinajstić information content (AvgIpc) is 2.67. The zero-order chi connectivity index (χ0) is 16.8. The van der Waals surface area contributed by atoms with E-state index >= 15 is 0 Å². The second kappa shape index (κ2) is 8.32. The van der Waals surface area contributed by atoms with Crippen LogP contribution >= 0.6 is 0 Å². The van der Waals surface area contributed by atoms with Crippen LogP contribution in [0.4, 0.5) is 0 Å². The SMILES string of the molecule is O=C(CCC1CCCCC1)N1CCN(C(=O)c2ccccc2)CC1. The van der Waals surface area contributed by atoms with E-state index in [9.17, 15) is 9.59 Å². The molecule has 1 aromatic carbocycles. The van der Waals surface area contributed by atoms with Crippen molar-refractivity contribution in [1.29, 1.82) is 0 Å². The smallest absolute Gasteiger partial charge is 0.253 e. The van der Waals surface area contributed by atoms with Crippen molar-refractivity contribution in [2.24, 2.45) is 5.92 Å². The highest BCUT2D eigenvalue weighted by Gasteiger charge is 2.25. The number of carbonyl (C=O) groups excluding carboxylic acids is 2. The van der Waals surface area contributed by atoms with Gasteiger partial charge in [-0.3, -0.25) is 9.59 Å². The Balaban J connectivity index is 1.42. The summed E-state index contributed by atoms with van der Waals surface area (Å²) in [4.78, 5) is 28.6. The van der Waals surface area contributed by atoms with Gasteiger partial charge in [0, 0.05) is 38.2 Å². The summed E-state index contributed by atoms with van der Waals surface area (Å²) in [7, 11) is 0. The third-order valence-corrected chi connectivity index (χ3v) is 5.43. The van der Waals surface area contributed by atoms with E-state index in [1.165, 1.54) is 32.1 Å². The summed E-state index contributed by atoms with van der Waals surface area (Å²) in [5, 5.41) is 0. The Morgan fingerprint density at radius 2 is 1.50 bits per heavy atom. The van der Waals surface area contributed by atoms with Crippen LogP contribution in [0.3, 0.4) is 0 Å². The minimum Gasteiger partial charge on any atom is -0.339 e. The summed E-state index contributed by atoms with van der Waals surface area (Å²) >= 11 is 0. The van der Waals surface area contributed by atoms with Crippen LogP contribution < -0.4 is 0 Å². The topological polar surface area (TPSA) is 40.6 Å². The van der Waals surface area contributed by atoms with Gasteiger partial charge in [-0.2, -0.15) is 0 Å². The van der Waals surface area contributed by atoms with Crippen LogP contribution in [0.5, 0.6) is 0 Å². The standard InChI is InChI=1S/C20H28N2O2/c23-19(12-11-17-7-3-1-4-8-17)21-13-15-22(16-14-21)20(24)18-9-5-2-6-10-18/h2,5-6,9-10,17H,1,3-4,7-8,11-16H2. The van der Waals surface area contributed by atoms with Crippen LogP contribution in [0.2, 0.25) is 0 Å². The Hall–Kier alpha value is -1.84. The lowest BCUT2D eigenvalue weighted by molar-refractivity contribution is -0.133. The predicted octanol–water partition coefficient (Wildman–Crippen LogP) is 3.33. The summed E-state index contributed by atoms with van der Waals surface area (Å²) in [6, 6.07) is 9.39. The zero-order valence-electron chi connectivity index (χ0n) is 14.5. The zero-order valence-corrected chi connectivity index (χ0v) is 14.5. The summed E-state index contributed by atoms with van der Waals surface area (Å²) in [6.45, 7) is 2.62. The van der Waals surface area contributed by atoms with Crippen molar-refractivity contribution in [3.63, 3.8) is 0 Å². The van der Waals surface area contributed by atoms with Crippen LogP contribution in [0.1, 0.15) is 55.3 Å². The molecule has 2 amide bonds. The van der Waals surface area contributed by atoms with Crippen LogP contribution in [0.25, 0.3) is 0 Å². The number of hydrogen-bond acceptors (Lipinski definition) is 2. The van der Waals surface area contributed by atoms with E-state index in [1.54, 1.807) is 0 Å². The number of piperazine rings is 1. The maximum Gasteiger partial charge on any atom is 0.253 e. The van der Waals surface area contributed by atoms with Gasteiger partial charge in [-0.1, -0.05) is 50.3 Å². The largest absolute Gasteiger partial charge is 0.339 e. The molecule has 1 heterocycles. The number of benzene rings is 1. The van der Waals surface area contributed by atoms with Gasteiger partial charge >= 0.3 is 0 Å². The van der Waals surface area contributed by atoms with E-state index in [2.05, 4.69) is 0 Å². The van der Waals surface area contributed by atoms with E-state index in [-0.39, 0.29) is 11.8 Å². The Kier molecular flexibility index (Phi) is 5.89. The number of amides is 2. The van der Waals surface area contributed by atoms with Gasteiger partial charge in [0.25, 0.3) is 5.91 Å². The molecule has 1 saturated heterocycles. The molecular formula is C20H28N2O2. The van der Waals surface area contributed by atoms with Crippen LogP contribution in [0.15, 0.2) is 30.3 Å². The summed E-state index contributed by atoms with van der Waals surface area (Å²) in [5.74, 6) is 1.10. The number of nitrogens with zero attached hydrogens (tertiary/aromatic N) is 2. The van der Waals surface area contributed by atoms with Crippen molar-refractivity contribution in [3.05, 3.63) is 35.9 Å². The molecule has 0 spiro atoms. The Labute approximate surface area is 144 Å². The molecule has 0 atom stereocenters. The van der Waals surface area contributed by atoms with Crippen LogP contribution in [-0.2, 0) is 4.79 Å². The molecule has 1 aliphatic heterocycles. The predicted molar refractivity (Wildman–Crippen MR) is 94.7 cm³/mol. The molecule has 1 saturated carbocycles. The number of hydrogen-bond donors (Lipinski definition) is 0. The lowest BCUT2D eigenvalue weighted by Gasteiger charge is -2.35. The molecule has 0 aromatic heterocycles. The van der Waals surface area contributed by atoms with Crippen molar-refractivity contribution in [2.75, 3.05) is 26.2 Å². The molecule has 2 fully saturated rings. The van der Waals surface area contributed by atoms with Gasteiger partial charge in [-0.15, -0.1) is 0 Å². The molecule has 4 nitrogen and oxygen atoms in total. The first-order valence-electron chi connectivity index (χ1n) is 9.36. The van der Waals surface area contributed by atoms with E-state index in [0.717, 1.165) is 17.9 Å². The fourth-order valence-corrected chi connectivity index (χ4v) is 3.88. The molecule has 0 radical (unpaired) electrons. The van der Waals surface area contributed by atoms with Gasteiger partial charge in [0.2, 0.25) is 5.91 Å². The number of rotatable bonds is 4. The monoisotopic (exact) mass is 328 g/mol. The molecule has 4 heteroatoms. The fraction of sp³-hybridized carbons (Fsp3) is 0.600. The van der Waals surface area contributed by atoms with Gasteiger partial charge in [-0.05, 0) is 24.5 Å². The third-order valence-electron chi connectivity index (χ3n) is 5.43. The van der Waals surface area contributed by atoms with Crippen molar-refractivity contribution in [2.45, 2.75) is 44.9 Å². The first-order chi connectivity index (χ1) is 11.7. The van der Waals surface area contributed by atoms with Crippen molar-refractivity contribution >= 4 is 11.8 Å². The van der Waals surface area contributed by atoms with Crippen LogP contribution in [0, 0.1) is 5.92 Å². The first kappa shape index (κ1) is 17.0. The molecule has 2 aliphatic rings. The average molecular weight is 328 g/mol. The molecule has 24 heavy (non-hydrogen) atoms. The molecule has 3 rings (SSSR count). The van der Waals surface area contributed by atoms with E-state index in [4.69, 9.17) is 0 Å². The molecular weight excluding hydrogens is 300 g/mol. The third kappa shape index (κ3) is 4.37. The maximum atomic E-state index is 12.4. The minimum absolute atomic E-state index is 0.0740. The van der Waals surface area contributed by atoms with Gasteiger partial charge in [0.15, 0.2) is 0 Å². The lowest BCUT2D eigenvalue weighted by atomic mass is 9.86. The Bertz CT molecular complexity index is 544. The Morgan fingerprint density at radius 3 is 2.17 bits per heavy atom. The molecule has 0 bridgehead atoms. The highest BCUT2D eigenvalue weighted by atomic mass is 16.2. The summed E-state index contributed by atoms with van der Waals surface area (Å²) < 4.78 is 0. The maximum absolute atomic E-state index is 12.4. The summed E-state index contributed by atoms with van der Waals surface area (Å²) in [6.07, 6.45) is 8.35. The molecule has 130 valence electrons. The number of carbonyl (C=O) groups is 2. The highest BCUT2D eigenvalue weighted by Crippen LogP contribution is 2.27. The second-order valence-electron chi connectivity index (χ2n) is 7.08. The first-order valence-corrected chi connectivity index (χ1v) is 9.36. The van der Waals surface area contributed by atoms with Gasteiger partial charge in [0.05, 0.1) is 0 Å². The summed E-state index contributed by atoms with van der Waals surface area (Å²) in [5.41, 5.74) is 0.731. The molecule has 1 aliphatic carbocycles. The van der Waals surface area contributed by atoms with Crippen molar-refractivity contribution in [3.8, 4) is 0 Å². The van der Waals surface area contributed by atoms with Crippen LogP contribution in [-0.4, -0.2) is 47.8 Å².